The summed E-state index contributed by atoms with van der Waals surface area (Å²) < 4.78 is 7.21. The first-order valence-corrected chi connectivity index (χ1v) is 9.44. The maximum atomic E-state index is 4.91. The molecule has 0 saturated carbocycles. The minimum Gasteiger partial charge on any atom is -0.364 e. The number of imidazole rings is 1. The minimum absolute atomic E-state index is 0. The van der Waals surface area contributed by atoms with Gasteiger partial charge in [0.2, 0.25) is 0 Å². The number of aryl methyl sites for hydroxylation is 2. The first-order valence-electron chi connectivity index (χ1n) is 9.44. The van der Waals surface area contributed by atoms with Crippen LogP contribution in [0.5, 0.6) is 0 Å². The zero-order valence-electron chi connectivity index (χ0n) is 15.8. The number of nitrogens with zero attached hydrogens (tertiary/aromatic N) is 6. The predicted octanol–water partition coefficient (Wildman–Crippen LogP) is 1.72. The summed E-state index contributed by atoms with van der Waals surface area (Å²) in [4.78, 5) is 13.9. The number of fused-ring (bicyclic) bond motifs is 1. The molecule has 1 N–H and O–H groups in total. The van der Waals surface area contributed by atoms with Gasteiger partial charge >= 0.3 is 0 Å². The van der Waals surface area contributed by atoms with Gasteiger partial charge in [0.15, 0.2) is 5.96 Å². The first kappa shape index (κ1) is 20.1. The Hall–Kier alpha value is -1.62. The Morgan fingerprint density at radius 3 is 2.74 bits per heavy atom. The molecule has 0 aromatic carbocycles. The molecule has 0 amide bonds. The average molecular weight is 485 g/mol. The molecule has 1 fully saturated rings. The summed E-state index contributed by atoms with van der Waals surface area (Å²) in [6, 6.07) is 1.93. The van der Waals surface area contributed by atoms with E-state index in [-0.39, 0.29) is 24.0 Å². The van der Waals surface area contributed by atoms with E-state index in [2.05, 4.69) is 36.0 Å². The van der Waals surface area contributed by atoms with Gasteiger partial charge in [0, 0.05) is 65.0 Å². The second kappa shape index (κ2) is 9.54. The van der Waals surface area contributed by atoms with Crippen molar-refractivity contribution in [2.45, 2.75) is 38.9 Å². The van der Waals surface area contributed by atoms with Crippen molar-refractivity contribution in [1.82, 2.24) is 29.8 Å². The van der Waals surface area contributed by atoms with Gasteiger partial charge in [-0.05, 0) is 12.8 Å². The van der Waals surface area contributed by atoms with E-state index in [0.717, 1.165) is 69.6 Å². The summed E-state index contributed by atoms with van der Waals surface area (Å²) in [5.41, 5.74) is 2.09. The van der Waals surface area contributed by atoms with Crippen molar-refractivity contribution in [3.63, 3.8) is 0 Å². The molecule has 2 aromatic heterocycles. The van der Waals surface area contributed by atoms with Crippen molar-refractivity contribution in [1.29, 1.82) is 0 Å². The maximum absolute atomic E-state index is 4.91. The fraction of sp³-hybridized carbons (Fsp3) is 0.611. The van der Waals surface area contributed by atoms with E-state index in [9.17, 15) is 0 Å². The number of aromatic nitrogens is 3. The first-order chi connectivity index (χ1) is 12.8. The van der Waals surface area contributed by atoms with Gasteiger partial charge in [-0.3, -0.25) is 9.89 Å². The highest BCUT2D eigenvalue weighted by atomic mass is 127. The van der Waals surface area contributed by atoms with E-state index in [1.54, 1.807) is 6.26 Å². The number of hydrogen-bond acceptors (Lipinski definition) is 5. The molecular weight excluding hydrogens is 457 g/mol. The van der Waals surface area contributed by atoms with E-state index in [1.165, 1.54) is 18.7 Å². The van der Waals surface area contributed by atoms with Crippen LogP contribution in [0.15, 0.2) is 28.0 Å². The third-order valence-corrected chi connectivity index (χ3v) is 5.15. The highest BCUT2D eigenvalue weighted by Crippen LogP contribution is 2.14. The predicted molar refractivity (Wildman–Crippen MR) is 114 cm³/mol. The average Bonchev–Trinajstić information content (AvgIpc) is 3.32. The van der Waals surface area contributed by atoms with Crippen LogP contribution in [0.25, 0.3) is 0 Å². The van der Waals surface area contributed by atoms with Crippen LogP contribution in [0.3, 0.4) is 0 Å². The highest BCUT2D eigenvalue weighted by molar-refractivity contribution is 14.0. The van der Waals surface area contributed by atoms with Crippen molar-refractivity contribution in [2.75, 3.05) is 33.2 Å². The van der Waals surface area contributed by atoms with Gasteiger partial charge in [-0.25, -0.2) is 4.98 Å². The van der Waals surface area contributed by atoms with E-state index >= 15 is 0 Å². The Kier molecular flexibility index (Phi) is 7.11. The lowest BCUT2D eigenvalue weighted by Crippen LogP contribution is -2.52. The van der Waals surface area contributed by atoms with Gasteiger partial charge in [0.1, 0.15) is 12.1 Å². The summed E-state index contributed by atoms with van der Waals surface area (Å²) in [6.45, 7) is 6.57. The van der Waals surface area contributed by atoms with E-state index in [1.807, 2.05) is 13.1 Å². The summed E-state index contributed by atoms with van der Waals surface area (Å²) >= 11 is 0. The molecule has 8 nitrogen and oxygen atoms in total. The second-order valence-corrected chi connectivity index (χ2v) is 6.95. The van der Waals surface area contributed by atoms with Crippen LogP contribution < -0.4 is 5.32 Å². The molecule has 2 aliphatic rings. The summed E-state index contributed by atoms with van der Waals surface area (Å²) in [6.07, 6.45) is 7.43. The Labute approximate surface area is 177 Å². The summed E-state index contributed by atoms with van der Waals surface area (Å²) in [5, 5.41) is 7.48. The molecule has 1 saturated heterocycles. The quantitative estimate of drug-likeness (QED) is 0.404. The number of aliphatic imine (C=N–C) groups is 1. The van der Waals surface area contributed by atoms with Gasteiger partial charge in [-0.1, -0.05) is 5.16 Å². The van der Waals surface area contributed by atoms with Crippen LogP contribution in [-0.2, 0) is 26.1 Å². The van der Waals surface area contributed by atoms with Gasteiger partial charge in [-0.2, -0.15) is 0 Å². The molecule has 4 heterocycles. The maximum Gasteiger partial charge on any atom is 0.194 e. The molecule has 9 heteroatoms. The van der Waals surface area contributed by atoms with Crippen LogP contribution in [0.2, 0.25) is 0 Å². The van der Waals surface area contributed by atoms with Crippen LogP contribution in [0, 0.1) is 0 Å². The van der Waals surface area contributed by atoms with Gasteiger partial charge in [0.05, 0.1) is 17.9 Å². The Balaban J connectivity index is 0.00000210. The molecule has 0 unspecified atom stereocenters. The molecule has 0 bridgehead atoms. The molecule has 4 rings (SSSR count). The zero-order chi connectivity index (χ0) is 17.8. The SMILES string of the molecule is CN=C(NCc1cn2c(n1)CCCC2)N1CCN(Cc2ccon2)CC1.I. The van der Waals surface area contributed by atoms with Crippen LogP contribution in [-0.4, -0.2) is 63.7 Å². The van der Waals surface area contributed by atoms with E-state index in [0.29, 0.717) is 0 Å². The van der Waals surface area contributed by atoms with Crippen molar-refractivity contribution in [3.05, 3.63) is 35.7 Å². The number of hydrogen-bond donors (Lipinski definition) is 1. The lowest BCUT2D eigenvalue weighted by molar-refractivity contribution is 0.169. The number of rotatable bonds is 4. The molecule has 0 radical (unpaired) electrons. The fourth-order valence-electron chi connectivity index (χ4n) is 3.72. The van der Waals surface area contributed by atoms with E-state index in [4.69, 9.17) is 9.51 Å². The molecule has 148 valence electrons. The molecule has 2 aromatic rings. The summed E-state index contributed by atoms with van der Waals surface area (Å²) in [7, 11) is 1.85. The normalized spacial score (nSPS) is 18.1. The summed E-state index contributed by atoms with van der Waals surface area (Å²) in [5.74, 6) is 2.18. The van der Waals surface area contributed by atoms with Crippen molar-refractivity contribution >= 4 is 29.9 Å². The number of halogens is 1. The molecule has 0 atom stereocenters. The second-order valence-electron chi connectivity index (χ2n) is 6.95. The fourth-order valence-corrected chi connectivity index (χ4v) is 3.72. The lowest BCUT2D eigenvalue weighted by atomic mass is 10.2. The Morgan fingerprint density at radius 2 is 2.04 bits per heavy atom. The number of guanidine groups is 1. The minimum atomic E-state index is 0. The molecule has 0 spiro atoms. The smallest absolute Gasteiger partial charge is 0.194 e. The number of nitrogens with one attached hydrogen (secondary N) is 1. The largest absolute Gasteiger partial charge is 0.364 e. The van der Waals surface area contributed by atoms with Gasteiger partial charge in [0.25, 0.3) is 0 Å². The third-order valence-electron chi connectivity index (χ3n) is 5.15. The third kappa shape index (κ3) is 5.01. The van der Waals surface area contributed by atoms with Crippen LogP contribution in [0.4, 0.5) is 0 Å². The molecule has 27 heavy (non-hydrogen) atoms. The van der Waals surface area contributed by atoms with Crippen molar-refractivity contribution < 1.29 is 4.52 Å². The van der Waals surface area contributed by atoms with Gasteiger partial charge < -0.3 is 19.3 Å². The molecule has 2 aliphatic heterocycles. The number of piperazine rings is 1. The molecular formula is C18H28IN7O. The standard InChI is InChI=1S/C18H27N7O.HI/c1-19-18(20-12-16-14-25-6-3-2-4-17(25)21-16)24-9-7-23(8-10-24)13-15-5-11-26-22-15;/h5,11,14H,2-4,6-10,12-13H2,1H3,(H,19,20);1H. The zero-order valence-corrected chi connectivity index (χ0v) is 18.1. The van der Waals surface area contributed by atoms with Gasteiger partial charge in [-0.15, -0.1) is 24.0 Å². The van der Waals surface area contributed by atoms with Crippen LogP contribution >= 0.6 is 24.0 Å². The van der Waals surface area contributed by atoms with Crippen molar-refractivity contribution in [2.24, 2.45) is 4.99 Å². The van der Waals surface area contributed by atoms with Crippen molar-refractivity contribution in [3.8, 4) is 0 Å². The lowest BCUT2D eigenvalue weighted by Gasteiger charge is -2.36. The topological polar surface area (TPSA) is 74.7 Å². The highest BCUT2D eigenvalue weighted by Gasteiger charge is 2.20. The molecule has 0 aliphatic carbocycles. The monoisotopic (exact) mass is 485 g/mol. The van der Waals surface area contributed by atoms with Crippen LogP contribution in [0.1, 0.15) is 30.1 Å². The Bertz CT molecular complexity index is 711. The Morgan fingerprint density at radius 1 is 1.19 bits per heavy atom. The van der Waals surface area contributed by atoms with E-state index < -0.39 is 0 Å².